The van der Waals surface area contributed by atoms with Gasteiger partial charge in [0.05, 0.1) is 6.07 Å². The molecular weight excluding hydrogens is 279 g/mol. The highest BCUT2D eigenvalue weighted by Gasteiger charge is 2.30. The smallest absolute Gasteiger partial charge is 0.408 e. The van der Waals surface area contributed by atoms with Crippen molar-refractivity contribution in [2.24, 2.45) is 0 Å². The van der Waals surface area contributed by atoms with Crippen molar-refractivity contribution in [2.45, 2.75) is 71.4 Å². The minimum atomic E-state index is -1.89. The zero-order valence-electron chi connectivity index (χ0n) is 13.3. The number of nitrogens with zero attached hydrogens (tertiary/aromatic N) is 1. The topological polar surface area (TPSA) is 88.4 Å². The number of carbonyl (C=O) groups is 2. The molecule has 0 unspecified atom stereocenters. The normalized spacial score (nSPS) is 14.6. The molecule has 0 spiro atoms. The molecule has 1 amide bonds. The predicted molar refractivity (Wildman–Crippen MR) is 74.1 cm³/mol. The van der Waals surface area contributed by atoms with Gasteiger partial charge < -0.3 is 14.8 Å². The van der Waals surface area contributed by atoms with Crippen molar-refractivity contribution >= 4 is 12.1 Å². The highest BCUT2D eigenvalue weighted by Crippen LogP contribution is 2.13. The lowest BCUT2D eigenvalue weighted by molar-refractivity contribution is -0.157. The largest absolute Gasteiger partial charge is 0.458 e. The first-order chi connectivity index (χ1) is 9.34. The van der Waals surface area contributed by atoms with Crippen LogP contribution in [-0.2, 0) is 14.3 Å². The number of ether oxygens (including phenoxy) is 2. The van der Waals surface area contributed by atoms with Crippen LogP contribution in [0.15, 0.2) is 0 Å². The molecule has 0 aliphatic carbocycles. The molecule has 0 aromatic carbocycles. The van der Waals surface area contributed by atoms with Crippen LogP contribution in [0.1, 0.15) is 48.0 Å². The summed E-state index contributed by atoms with van der Waals surface area (Å²) < 4.78 is 23.3. The van der Waals surface area contributed by atoms with Crippen LogP contribution in [0.5, 0.6) is 0 Å². The van der Waals surface area contributed by atoms with Gasteiger partial charge in [-0.1, -0.05) is 0 Å². The highest BCUT2D eigenvalue weighted by molar-refractivity contribution is 5.81. The maximum atomic E-state index is 13.2. The van der Waals surface area contributed by atoms with Crippen LogP contribution in [0.2, 0.25) is 0 Å². The van der Waals surface area contributed by atoms with Crippen molar-refractivity contribution < 1.29 is 23.5 Å². The first kappa shape index (κ1) is 19.2. The van der Waals surface area contributed by atoms with Gasteiger partial charge in [-0.3, -0.25) is 0 Å². The number of alkyl halides is 1. The molecule has 0 bridgehead atoms. The molecule has 0 radical (unpaired) electrons. The fourth-order valence-corrected chi connectivity index (χ4v) is 1.30. The van der Waals surface area contributed by atoms with E-state index in [9.17, 15) is 14.0 Å². The molecule has 0 heterocycles. The molecule has 1 N–H and O–H groups in total. The third kappa shape index (κ3) is 9.66. The summed E-state index contributed by atoms with van der Waals surface area (Å²) in [5.41, 5.74) is -1.55. The molecule has 21 heavy (non-hydrogen) atoms. The van der Waals surface area contributed by atoms with Gasteiger partial charge in [0.1, 0.15) is 17.2 Å². The summed E-state index contributed by atoms with van der Waals surface area (Å²) in [7, 11) is 0. The Labute approximate surface area is 124 Å². The first-order valence-electron chi connectivity index (χ1n) is 6.60. The van der Waals surface area contributed by atoms with Crippen LogP contribution < -0.4 is 5.32 Å². The summed E-state index contributed by atoms with van der Waals surface area (Å²) in [6.07, 6.45) is -3.26. The molecule has 0 saturated heterocycles. The van der Waals surface area contributed by atoms with E-state index >= 15 is 0 Å². The second-order valence-electron chi connectivity index (χ2n) is 6.56. The number of hydrogen-bond donors (Lipinski definition) is 1. The minimum Gasteiger partial charge on any atom is -0.458 e. The molecular formula is C14H23FN2O4. The number of alkyl carbamates (subject to hydrolysis) is 1. The number of esters is 1. The van der Waals surface area contributed by atoms with Gasteiger partial charge in [-0.2, -0.15) is 5.26 Å². The molecule has 0 aliphatic rings. The van der Waals surface area contributed by atoms with E-state index < -0.39 is 41.9 Å². The molecule has 0 aliphatic heterocycles. The van der Waals surface area contributed by atoms with Crippen LogP contribution in [0.4, 0.5) is 9.18 Å². The Morgan fingerprint density at radius 3 is 2.00 bits per heavy atom. The van der Waals surface area contributed by atoms with Gasteiger partial charge in [-0.25, -0.2) is 14.0 Å². The van der Waals surface area contributed by atoms with Gasteiger partial charge in [-0.05, 0) is 41.5 Å². The van der Waals surface area contributed by atoms with Crippen LogP contribution in [0.3, 0.4) is 0 Å². The minimum absolute atomic E-state index is 0.495. The summed E-state index contributed by atoms with van der Waals surface area (Å²) in [5.74, 6) is -0.814. The number of amides is 1. The summed E-state index contributed by atoms with van der Waals surface area (Å²) in [6, 6.07) is 0.0845. The van der Waals surface area contributed by atoms with Crippen molar-refractivity contribution in [3.63, 3.8) is 0 Å². The van der Waals surface area contributed by atoms with Crippen LogP contribution in [-0.4, -0.2) is 35.5 Å². The van der Waals surface area contributed by atoms with Crippen molar-refractivity contribution in [3.8, 4) is 6.07 Å². The lowest BCUT2D eigenvalue weighted by Crippen LogP contribution is -2.47. The second kappa shape index (κ2) is 7.25. The molecule has 2 atom stereocenters. The maximum absolute atomic E-state index is 13.2. The van der Waals surface area contributed by atoms with E-state index in [4.69, 9.17) is 14.7 Å². The molecule has 0 aromatic heterocycles. The van der Waals surface area contributed by atoms with Gasteiger partial charge in [-0.15, -0.1) is 0 Å². The number of hydrogen-bond acceptors (Lipinski definition) is 5. The standard InChI is InChI=1S/C14H23FN2O4/c1-13(2,3)20-11(18)10(7-9(15)8-16)17-12(19)21-14(4,5)6/h9-10H,7H2,1-6H3,(H,17,19)/t9-,10+/m1/s1. The van der Waals surface area contributed by atoms with E-state index in [2.05, 4.69) is 5.32 Å². The Bertz CT molecular complexity index is 418. The van der Waals surface area contributed by atoms with Gasteiger partial charge in [0.2, 0.25) is 0 Å². The average Bonchev–Trinajstić information content (AvgIpc) is 2.22. The van der Waals surface area contributed by atoms with E-state index in [0.29, 0.717) is 0 Å². The maximum Gasteiger partial charge on any atom is 0.408 e. The highest BCUT2D eigenvalue weighted by atomic mass is 19.1. The van der Waals surface area contributed by atoms with Gasteiger partial charge in [0.25, 0.3) is 0 Å². The van der Waals surface area contributed by atoms with Gasteiger partial charge in [0.15, 0.2) is 6.17 Å². The Hall–Kier alpha value is -1.84. The SMILES string of the molecule is CC(C)(C)OC(=O)N[C@@H](C[C@@H](F)C#N)C(=O)OC(C)(C)C. The monoisotopic (exact) mass is 302 g/mol. The van der Waals surface area contributed by atoms with Crippen molar-refractivity contribution in [3.05, 3.63) is 0 Å². The quantitative estimate of drug-likeness (QED) is 0.806. The molecule has 120 valence electrons. The Balaban J connectivity index is 4.87. The van der Waals surface area contributed by atoms with E-state index in [1.54, 1.807) is 41.5 Å². The van der Waals surface area contributed by atoms with Gasteiger partial charge >= 0.3 is 12.1 Å². The number of carbonyl (C=O) groups excluding carboxylic acids is 2. The second-order valence-corrected chi connectivity index (χ2v) is 6.56. The molecule has 7 heteroatoms. The zero-order chi connectivity index (χ0) is 16.8. The van der Waals surface area contributed by atoms with Crippen molar-refractivity contribution in [2.75, 3.05) is 0 Å². The van der Waals surface area contributed by atoms with E-state index in [-0.39, 0.29) is 0 Å². The number of nitrogens with one attached hydrogen (secondary N) is 1. The Kier molecular flexibility index (Phi) is 6.61. The Morgan fingerprint density at radius 1 is 1.14 bits per heavy atom. The summed E-state index contributed by atoms with van der Waals surface area (Å²) in [4.78, 5) is 23.6. The summed E-state index contributed by atoms with van der Waals surface area (Å²) in [5, 5.41) is 10.7. The number of halogens is 1. The van der Waals surface area contributed by atoms with Crippen molar-refractivity contribution in [1.29, 1.82) is 5.26 Å². The van der Waals surface area contributed by atoms with Gasteiger partial charge in [0, 0.05) is 6.42 Å². The zero-order valence-corrected chi connectivity index (χ0v) is 13.3. The van der Waals surface area contributed by atoms with E-state index in [1.807, 2.05) is 0 Å². The molecule has 0 aromatic rings. The summed E-state index contributed by atoms with van der Waals surface area (Å²) in [6.45, 7) is 9.90. The fraction of sp³-hybridized carbons (Fsp3) is 0.786. The first-order valence-corrected chi connectivity index (χ1v) is 6.60. The number of nitriles is 1. The van der Waals surface area contributed by atoms with Crippen LogP contribution in [0.25, 0.3) is 0 Å². The molecule has 0 rings (SSSR count). The molecule has 0 fully saturated rings. The molecule has 6 nitrogen and oxygen atoms in total. The van der Waals surface area contributed by atoms with Crippen LogP contribution >= 0.6 is 0 Å². The third-order valence-electron chi connectivity index (χ3n) is 1.96. The third-order valence-corrected chi connectivity index (χ3v) is 1.96. The fourth-order valence-electron chi connectivity index (χ4n) is 1.30. The lowest BCUT2D eigenvalue weighted by atomic mass is 10.1. The predicted octanol–water partition coefficient (Wildman–Crippen LogP) is 2.47. The Morgan fingerprint density at radius 2 is 1.62 bits per heavy atom. The van der Waals surface area contributed by atoms with E-state index in [0.717, 1.165) is 0 Å². The molecule has 0 saturated carbocycles. The summed E-state index contributed by atoms with van der Waals surface area (Å²) >= 11 is 0. The number of rotatable bonds is 4. The lowest BCUT2D eigenvalue weighted by Gasteiger charge is -2.26. The van der Waals surface area contributed by atoms with E-state index in [1.165, 1.54) is 6.07 Å². The van der Waals surface area contributed by atoms with Crippen LogP contribution in [0, 0.1) is 11.3 Å². The average molecular weight is 302 g/mol. The van der Waals surface area contributed by atoms with Crippen molar-refractivity contribution in [1.82, 2.24) is 5.32 Å².